The number of nitrogens with one attached hydrogen (secondary N) is 2. The standard InChI is InChI=1S/C20H24N2O2/c1-14(2)16-9-11-18(12-10-16)22-20(24)19(23)21-13-15(3)17-7-5-4-6-8-17/h4-12,14-15H,13H2,1-3H3,(H,21,23)(H,22,24)/t15-/m1/s1. The molecule has 0 radical (unpaired) electrons. The van der Waals surface area contributed by atoms with E-state index in [2.05, 4.69) is 24.5 Å². The number of carbonyl (C=O) groups excluding carboxylic acids is 2. The van der Waals surface area contributed by atoms with Crippen LogP contribution in [0.5, 0.6) is 0 Å². The second-order valence-electron chi connectivity index (χ2n) is 6.25. The summed E-state index contributed by atoms with van der Waals surface area (Å²) in [6.45, 7) is 6.64. The van der Waals surface area contributed by atoms with Crippen LogP contribution in [-0.2, 0) is 9.59 Å². The fourth-order valence-electron chi connectivity index (χ4n) is 2.36. The summed E-state index contributed by atoms with van der Waals surface area (Å²) in [7, 11) is 0. The van der Waals surface area contributed by atoms with Gasteiger partial charge in [0.05, 0.1) is 0 Å². The maximum absolute atomic E-state index is 12.0. The van der Waals surface area contributed by atoms with Gasteiger partial charge in [-0.3, -0.25) is 9.59 Å². The van der Waals surface area contributed by atoms with E-state index in [1.807, 2.05) is 61.5 Å². The third-order valence-electron chi connectivity index (χ3n) is 3.98. The molecule has 2 aromatic rings. The maximum Gasteiger partial charge on any atom is 0.313 e. The number of anilines is 1. The van der Waals surface area contributed by atoms with Gasteiger partial charge in [0.25, 0.3) is 0 Å². The second kappa shape index (κ2) is 8.29. The van der Waals surface area contributed by atoms with Gasteiger partial charge in [0.2, 0.25) is 0 Å². The molecule has 0 aromatic heterocycles. The van der Waals surface area contributed by atoms with Gasteiger partial charge in [-0.2, -0.15) is 0 Å². The summed E-state index contributed by atoms with van der Waals surface area (Å²) in [6, 6.07) is 17.4. The van der Waals surface area contributed by atoms with Crippen molar-refractivity contribution in [2.24, 2.45) is 0 Å². The Bertz CT molecular complexity index is 679. The molecule has 24 heavy (non-hydrogen) atoms. The number of carbonyl (C=O) groups is 2. The molecule has 1 atom stereocenters. The Morgan fingerprint density at radius 1 is 0.833 bits per heavy atom. The highest BCUT2D eigenvalue weighted by Gasteiger charge is 2.15. The minimum Gasteiger partial charge on any atom is -0.347 e. The highest BCUT2D eigenvalue weighted by Crippen LogP contribution is 2.17. The first-order chi connectivity index (χ1) is 11.5. The van der Waals surface area contributed by atoms with Gasteiger partial charge < -0.3 is 10.6 Å². The van der Waals surface area contributed by atoms with Crippen LogP contribution < -0.4 is 10.6 Å². The Morgan fingerprint density at radius 2 is 1.46 bits per heavy atom. The monoisotopic (exact) mass is 324 g/mol. The molecule has 0 bridgehead atoms. The normalized spacial score (nSPS) is 11.8. The van der Waals surface area contributed by atoms with Crippen molar-refractivity contribution in [3.63, 3.8) is 0 Å². The molecule has 0 aliphatic heterocycles. The van der Waals surface area contributed by atoms with Gasteiger partial charge in [-0.15, -0.1) is 0 Å². The van der Waals surface area contributed by atoms with Crippen molar-refractivity contribution in [3.05, 3.63) is 65.7 Å². The molecule has 2 aromatic carbocycles. The first-order valence-electron chi connectivity index (χ1n) is 8.21. The highest BCUT2D eigenvalue weighted by molar-refractivity contribution is 6.39. The molecular weight excluding hydrogens is 300 g/mol. The van der Waals surface area contributed by atoms with Crippen LogP contribution in [0, 0.1) is 0 Å². The van der Waals surface area contributed by atoms with Crippen molar-refractivity contribution in [2.45, 2.75) is 32.6 Å². The van der Waals surface area contributed by atoms with Gasteiger partial charge in [0.15, 0.2) is 0 Å². The largest absolute Gasteiger partial charge is 0.347 e. The Hall–Kier alpha value is -2.62. The van der Waals surface area contributed by atoms with E-state index in [1.165, 1.54) is 5.56 Å². The summed E-state index contributed by atoms with van der Waals surface area (Å²) in [5.74, 6) is -0.691. The average Bonchev–Trinajstić information content (AvgIpc) is 2.60. The summed E-state index contributed by atoms with van der Waals surface area (Å²) in [4.78, 5) is 23.9. The van der Waals surface area contributed by atoms with Crippen LogP contribution in [0.2, 0.25) is 0 Å². The quantitative estimate of drug-likeness (QED) is 0.825. The molecule has 4 nitrogen and oxygen atoms in total. The smallest absolute Gasteiger partial charge is 0.313 e. The molecule has 4 heteroatoms. The van der Waals surface area contributed by atoms with E-state index >= 15 is 0 Å². The molecule has 0 aliphatic rings. The van der Waals surface area contributed by atoms with Crippen LogP contribution in [0.3, 0.4) is 0 Å². The second-order valence-corrected chi connectivity index (χ2v) is 6.25. The minimum atomic E-state index is -0.646. The topological polar surface area (TPSA) is 58.2 Å². The predicted molar refractivity (Wildman–Crippen MR) is 97.0 cm³/mol. The number of rotatable bonds is 5. The third kappa shape index (κ3) is 4.95. The van der Waals surface area contributed by atoms with Crippen molar-refractivity contribution < 1.29 is 9.59 Å². The Morgan fingerprint density at radius 3 is 2.04 bits per heavy atom. The lowest BCUT2D eigenvalue weighted by atomic mass is 10.0. The zero-order valence-electron chi connectivity index (χ0n) is 14.4. The summed E-state index contributed by atoms with van der Waals surface area (Å²) in [5.41, 5.74) is 2.94. The number of hydrogen-bond donors (Lipinski definition) is 2. The first kappa shape index (κ1) is 17.7. The molecule has 0 unspecified atom stereocenters. The number of benzene rings is 2. The lowest BCUT2D eigenvalue weighted by Crippen LogP contribution is -2.37. The van der Waals surface area contributed by atoms with Gasteiger partial charge in [0.1, 0.15) is 0 Å². The van der Waals surface area contributed by atoms with Gasteiger partial charge in [0, 0.05) is 12.2 Å². The molecule has 0 saturated carbocycles. The fraction of sp³-hybridized carbons (Fsp3) is 0.300. The van der Waals surface area contributed by atoms with Crippen LogP contribution in [-0.4, -0.2) is 18.4 Å². The lowest BCUT2D eigenvalue weighted by Gasteiger charge is -2.13. The summed E-state index contributed by atoms with van der Waals surface area (Å²) in [6.07, 6.45) is 0. The van der Waals surface area contributed by atoms with Crippen LogP contribution in [0.15, 0.2) is 54.6 Å². The Balaban J connectivity index is 1.85. The molecule has 126 valence electrons. The maximum atomic E-state index is 12.0. The molecule has 0 heterocycles. The number of amides is 2. The van der Waals surface area contributed by atoms with Gasteiger partial charge in [-0.05, 0) is 35.1 Å². The van der Waals surface area contributed by atoms with Crippen LogP contribution in [0.25, 0.3) is 0 Å². The van der Waals surface area contributed by atoms with Gasteiger partial charge >= 0.3 is 11.8 Å². The first-order valence-corrected chi connectivity index (χ1v) is 8.21. The molecule has 2 N–H and O–H groups in total. The molecule has 0 spiro atoms. The van der Waals surface area contributed by atoms with E-state index in [0.717, 1.165) is 5.56 Å². The van der Waals surface area contributed by atoms with Crippen molar-refractivity contribution in [3.8, 4) is 0 Å². The zero-order valence-corrected chi connectivity index (χ0v) is 14.4. The SMILES string of the molecule is CC(C)c1ccc(NC(=O)C(=O)NC[C@@H](C)c2ccccc2)cc1. The molecule has 2 amide bonds. The van der Waals surface area contributed by atoms with E-state index < -0.39 is 11.8 Å². The predicted octanol–water partition coefficient (Wildman–Crippen LogP) is 3.67. The fourth-order valence-corrected chi connectivity index (χ4v) is 2.36. The zero-order chi connectivity index (χ0) is 17.5. The lowest BCUT2D eigenvalue weighted by molar-refractivity contribution is -0.136. The summed E-state index contributed by atoms with van der Waals surface area (Å²) in [5, 5.41) is 5.30. The summed E-state index contributed by atoms with van der Waals surface area (Å²) >= 11 is 0. The van der Waals surface area contributed by atoms with Crippen molar-refractivity contribution in [2.75, 3.05) is 11.9 Å². The molecule has 0 aliphatic carbocycles. The van der Waals surface area contributed by atoms with Crippen molar-refractivity contribution in [1.29, 1.82) is 0 Å². The highest BCUT2D eigenvalue weighted by atomic mass is 16.2. The average molecular weight is 324 g/mol. The Labute approximate surface area is 143 Å². The van der Waals surface area contributed by atoms with Crippen molar-refractivity contribution >= 4 is 17.5 Å². The van der Waals surface area contributed by atoms with Crippen LogP contribution in [0.4, 0.5) is 5.69 Å². The molecule has 0 saturated heterocycles. The molecular formula is C20H24N2O2. The van der Waals surface area contributed by atoms with Crippen LogP contribution >= 0.6 is 0 Å². The third-order valence-corrected chi connectivity index (χ3v) is 3.98. The molecule has 0 fully saturated rings. The van der Waals surface area contributed by atoms with E-state index in [9.17, 15) is 9.59 Å². The minimum absolute atomic E-state index is 0.147. The van der Waals surface area contributed by atoms with Crippen molar-refractivity contribution in [1.82, 2.24) is 5.32 Å². The van der Waals surface area contributed by atoms with Crippen LogP contribution in [0.1, 0.15) is 43.7 Å². The van der Waals surface area contributed by atoms with Gasteiger partial charge in [-0.25, -0.2) is 0 Å². The molecule has 2 rings (SSSR count). The van der Waals surface area contributed by atoms with E-state index in [4.69, 9.17) is 0 Å². The van der Waals surface area contributed by atoms with Gasteiger partial charge in [-0.1, -0.05) is 63.2 Å². The number of hydrogen-bond acceptors (Lipinski definition) is 2. The van der Waals surface area contributed by atoms with E-state index in [0.29, 0.717) is 18.2 Å². The summed E-state index contributed by atoms with van der Waals surface area (Å²) < 4.78 is 0. The van der Waals surface area contributed by atoms with E-state index in [1.54, 1.807) is 0 Å². The Kier molecular flexibility index (Phi) is 6.13. The van der Waals surface area contributed by atoms with E-state index in [-0.39, 0.29) is 5.92 Å².